The number of hydrogen-bond donors (Lipinski definition) is 1. The zero-order chi connectivity index (χ0) is 13.3. The predicted molar refractivity (Wildman–Crippen MR) is 55.6 cm³/mol. The molecule has 8 heteroatoms. The Morgan fingerprint density at radius 1 is 1.44 bits per heavy atom. The van der Waals surface area contributed by atoms with Gasteiger partial charge in [-0.3, -0.25) is 0 Å². The molecule has 0 saturated heterocycles. The molecule has 0 saturated carbocycles. The summed E-state index contributed by atoms with van der Waals surface area (Å²) < 4.78 is 52.4. The van der Waals surface area contributed by atoms with Crippen molar-refractivity contribution < 1.29 is 17.6 Å². The van der Waals surface area contributed by atoms with Crippen molar-refractivity contribution in [1.82, 2.24) is 20.1 Å². The quantitative estimate of drug-likeness (QED) is 0.848. The number of fused-ring (bicyclic) bond motifs is 1. The van der Waals surface area contributed by atoms with E-state index in [-0.39, 0.29) is 12.6 Å². The monoisotopic (exact) mass is 266 g/mol. The number of alkyl halides is 4. The van der Waals surface area contributed by atoms with E-state index in [0.29, 0.717) is 18.8 Å². The van der Waals surface area contributed by atoms with Crippen molar-refractivity contribution in [3.63, 3.8) is 0 Å². The molecule has 1 atom stereocenters. The lowest BCUT2D eigenvalue weighted by Gasteiger charge is -2.26. The van der Waals surface area contributed by atoms with E-state index in [4.69, 9.17) is 0 Å². The molecule has 1 aliphatic rings. The molecule has 0 bridgehead atoms. The SMILES string of the molecule is CCCC1NCCn2c1nnc2C(F)(F)C(F)F. The van der Waals surface area contributed by atoms with Gasteiger partial charge in [0.25, 0.3) is 0 Å². The summed E-state index contributed by atoms with van der Waals surface area (Å²) in [6.07, 6.45) is -2.23. The van der Waals surface area contributed by atoms with Gasteiger partial charge in [0, 0.05) is 13.1 Å². The van der Waals surface area contributed by atoms with E-state index in [9.17, 15) is 17.6 Å². The Morgan fingerprint density at radius 2 is 2.17 bits per heavy atom. The van der Waals surface area contributed by atoms with Gasteiger partial charge >= 0.3 is 12.3 Å². The Bertz CT molecular complexity index is 418. The van der Waals surface area contributed by atoms with Crippen molar-refractivity contribution in [2.75, 3.05) is 6.54 Å². The van der Waals surface area contributed by atoms with Crippen LogP contribution in [0.25, 0.3) is 0 Å². The lowest BCUT2D eigenvalue weighted by atomic mass is 10.1. The normalized spacial score (nSPS) is 20.2. The van der Waals surface area contributed by atoms with Crippen molar-refractivity contribution in [1.29, 1.82) is 0 Å². The highest BCUT2D eigenvalue weighted by Gasteiger charge is 2.48. The van der Waals surface area contributed by atoms with Crippen LogP contribution >= 0.6 is 0 Å². The molecular weight excluding hydrogens is 252 g/mol. The maximum atomic E-state index is 13.3. The van der Waals surface area contributed by atoms with E-state index >= 15 is 0 Å². The Labute approximate surface area is 101 Å². The van der Waals surface area contributed by atoms with Gasteiger partial charge in [-0.2, -0.15) is 8.78 Å². The maximum absolute atomic E-state index is 13.3. The molecule has 1 aromatic rings. The van der Waals surface area contributed by atoms with Crippen LogP contribution in [0.4, 0.5) is 17.6 Å². The van der Waals surface area contributed by atoms with Crippen LogP contribution in [0.1, 0.15) is 37.5 Å². The standard InChI is InChI=1S/C10H14F4N4/c1-2-3-6-7-16-17-9(10(13,14)8(11)12)18(7)5-4-15-6/h6,8,15H,2-5H2,1H3. The molecule has 2 heterocycles. The molecule has 1 N–H and O–H groups in total. The van der Waals surface area contributed by atoms with Crippen molar-refractivity contribution in [2.24, 2.45) is 0 Å². The van der Waals surface area contributed by atoms with E-state index in [1.165, 1.54) is 0 Å². The third-order valence-electron chi connectivity index (χ3n) is 2.97. The van der Waals surface area contributed by atoms with Crippen LogP contribution in [0.5, 0.6) is 0 Å². The van der Waals surface area contributed by atoms with E-state index in [2.05, 4.69) is 15.5 Å². The van der Waals surface area contributed by atoms with Gasteiger partial charge in [-0.1, -0.05) is 13.3 Å². The Morgan fingerprint density at radius 3 is 2.78 bits per heavy atom. The highest BCUT2D eigenvalue weighted by atomic mass is 19.3. The van der Waals surface area contributed by atoms with Crippen molar-refractivity contribution in [3.8, 4) is 0 Å². The van der Waals surface area contributed by atoms with Gasteiger partial charge in [0.2, 0.25) is 5.82 Å². The smallest absolute Gasteiger partial charge is 0.307 e. The molecule has 4 nitrogen and oxygen atoms in total. The van der Waals surface area contributed by atoms with Gasteiger partial charge in [-0.25, -0.2) is 8.78 Å². The summed E-state index contributed by atoms with van der Waals surface area (Å²) in [6.45, 7) is 2.58. The van der Waals surface area contributed by atoms with Gasteiger partial charge in [-0.15, -0.1) is 10.2 Å². The first-order valence-electron chi connectivity index (χ1n) is 5.81. The van der Waals surface area contributed by atoms with Crippen LogP contribution < -0.4 is 5.32 Å². The highest BCUT2D eigenvalue weighted by molar-refractivity contribution is 5.09. The molecule has 1 aromatic heterocycles. The van der Waals surface area contributed by atoms with E-state index < -0.39 is 18.2 Å². The number of nitrogens with zero attached hydrogens (tertiary/aromatic N) is 3. The number of nitrogens with one attached hydrogen (secondary N) is 1. The van der Waals surface area contributed by atoms with Gasteiger partial charge in [0.15, 0.2) is 0 Å². The molecule has 0 aliphatic carbocycles. The third-order valence-corrected chi connectivity index (χ3v) is 2.97. The first-order chi connectivity index (χ1) is 8.48. The molecule has 18 heavy (non-hydrogen) atoms. The van der Waals surface area contributed by atoms with Gasteiger partial charge < -0.3 is 9.88 Å². The summed E-state index contributed by atoms with van der Waals surface area (Å²) in [7, 11) is 0. The van der Waals surface area contributed by atoms with E-state index in [1.807, 2.05) is 6.92 Å². The van der Waals surface area contributed by atoms with Crippen molar-refractivity contribution in [2.45, 2.75) is 44.7 Å². The first-order valence-corrected chi connectivity index (χ1v) is 5.81. The van der Waals surface area contributed by atoms with Crippen LogP contribution in [0.2, 0.25) is 0 Å². The molecular formula is C10H14F4N4. The summed E-state index contributed by atoms with van der Waals surface area (Å²) >= 11 is 0. The maximum Gasteiger partial charge on any atom is 0.365 e. The number of hydrogen-bond acceptors (Lipinski definition) is 3. The fourth-order valence-electron chi connectivity index (χ4n) is 2.10. The lowest BCUT2D eigenvalue weighted by Crippen LogP contribution is -2.37. The summed E-state index contributed by atoms with van der Waals surface area (Å²) in [5, 5.41) is 10.0. The largest absolute Gasteiger partial charge is 0.365 e. The first kappa shape index (κ1) is 13.3. The molecule has 0 amide bonds. The minimum Gasteiger partial charge on any atom is -0.307 e. The Hall–Kier alpha value is -1.18. The Balaban J connectivity index is 2.37. The summed E-state index contributed by atoms with van der Waals surface area (Å²) in [6, 6.07) is -0.196. The fraction of sp³-hybridized carbons (Fsp3) is 0.800. The van der Waals surface area contributed by atoms with Crippen LogP contribution in [0.3, 0.4) is 0 Å². The summed E-state index contributed by atoms with van der Waals surface area (Å²) in [4.78, 5) is 0. The average Bonchev–Trinajstić information content (AvgIpc) is 2.74. The molecule has 1 aliphatic heterocycles. The zero-order valence-corrected chi connectivity index (χ0v) is 9.84. The van der Waals surface area contributed by atoms with Crippen molar-refractivity contribution in [3.05, 3.63) is 11.6 Å². The number of aromatic nitrogens is 3. The molecule has 0 radical (unpaired) electrons. The minimum absolute atomic E-state index is 0.181. The second-order valence-electron chi connectivity index (χ2n) is 4.25. The second kappa shape index (κ2) is 4.83. The number of halogens is 4. The van der Waals surface area contributed by atoms with Gasteiger partial charge in [-0.05, 0) is 6.42 Å². The minimum atomic E-state index is -4.25. The number of rotatable bonds is 4. The molecule has 102 valence electrons. The lowest BCUT2D eigenvalue weighted by molar-refractivity contribution is -0.143. The van der Waals surface area contributed by atoms with Crippen LogP contribution in [-0.4, -0.2) is 27.7 Å². The summed E-state index contributed by atoms with van der Waals surface area (Å²) in [5.41, 5.74) is 0. The highest BCUT2D eigenvalue weighted by Crippen LogP contribution is 2.35. The van der Waals surface area contributed by atoms with E-state index in [1.54, 1.807) is 0 Å². The van der Waals surface area contributed by atoms with Crippen molar-refractivity contribution >= 4 is 0 Å². The van der Waals surface area contributed by atoms with Crippen LogP contribution in [-0.2, 0) is 12.5 Å². The van der Waals surface area contributed by atoms with Gasteiger partial charge in [0.1, 0.15) is 5.82 Å². The zero-order valence-electron chi connectivity index (χ0n) is 9.84. The van der Waals surface area contributed by atoms with E-state index in [0.717, 1.165) is 11.0 Å². The summed E-state index contributed by atoms with van der Waals surface area (Å²) in [5.74, 6) is -4.87. The van der Waals surface area contributed by atoms with Crippen LogP contribution in [0, 0.1) is 0 Å². The van der Waals surface area contributed by atoms with Crippen LogP contribution in [0.15, 0.2) is 0 Å². The average molecular weight is 266 g/mol. The fourth-order valence-corrected chi connectivity index (χ4v) is 2.10. The molecule has 0 fully saturated rings. The second-order valence-corrected chi connectivity index (χ2v) is 4.25. The third kappa shape index (κ3) is 2.09. The molecule has 1 unspecified atom stereocenters. The molecule has 2 rings (SSSR count). The predicted octanol–water partition coefficient (Wildman–Crippen LogP) is 2.08. The molecule has 0 aromatic carbocycles. The molecule has 0 spiro atoms. The topological polar surface area (TPSA) is 42.7 Å². The Kier molecular flexibility index (Phi) is 3.56. The van der Waals surface area contributed by atoms with Gasteiger partial charge in [0.05, 0.1) is 6.04 Å².